The lowest BCUT2D eigenvalue weighted by Crippen LogP contribution is -2.30. The topological polar surface area (TPSA) is 73.6 Å². The lowest BCUT2D eigenvalue weighted by Gasteiger charge is -2.29. The van der Waals surface area contributed by atoms with Crippen molar-refractivity contribution in [3.05, 3.63) is 108 Å². The number of pyridine rings is 1. The average Bonchev–Trinajstić information content (AvgIpc) is 3.49. The Morgan fingerprint density at radius 2 is 1.80 bits per heavy atom. The fourth-order valence-corrected chi connectivity index (χ4v) is 4.85. The Bertz CT molecular complexity index is 1370. The average molecular weight is 484 g/mol. The number of aromatic carboxylic acids is 1. The van der Waals surface area contributed by atoms with Gasteiger partial charge in [-0.3, -0.25) is 4.98 Å². The largest absolute Gasteiger partial charge is 0.478 e. The van der Waals surface area contributed by atoms with E-state index >= 15 is 0 Å². The number of anilines is 2. The van der Waals surface area contributed by atoms with Crippen molar-refractivity contribution in [1.82, 2.24) is 14.9 Å². The molecule has 3 heterocycles. The number of rotatable bonds is 6. The van der Waals surface area contributed by atoms with E-state index in [1.165, 1.54) is 0 Å². The van der Waals surface area contributed by atoms with Gasteiger partial charge in [0.2, 0.25) is 0 Å². The van der Waals surface area contributed by atoms with Crippen molar-refractivity contribution in [2.75, 3.05) is 23.9 Å². The number of aromatic nitrogens is 2. The van der Waals surface area contributed by atoms with E-state index in [2.05, 4.69) is 44.4 Å². The fraction of sp³-hybridized carbons (Fsp3) is 0.148. The maximum absolute atomic E-state index is 11.6. The van der Waals surface area contributed by atoms with Crippen molar-refractivity contribution >= 4 is 34.7 Å². The van der Waals surface area contributed by atoms with Crippen molar-refractivity contribution in [3.8, 4) is 5.69 Å². The summed E-state index contributed by atoms with van der Waals surface area (Å²) in [5, 5.41) is 13.6. The number of carboxylic acid groups (broad SMARTS) is 1. The van der Waals surface area contributed by atoms with E-state index in [4.69, 9.17) is 12.2 Å². The van der Waals surface area contributed by atoms with Gasteiger partial charge in [0.05, 0.1) is 17.3 Å². The van der Waals surface area contributed by atoms with Crippen molar-refractivity contribution in [2.45, 2.75) is 12.1 Å². The number of benzene rings is 2. The van der Waals surface area contributed by atoms with Gasteiger partial charge in [-0.15, -0.1) is 0 Å². The molecule has 1 saturated heterocycles. The molecule has 0 bridgehead atoms. The van der Waals surface area contributed by atoms with Gasteiger partial charge in [-0.25, -0.2) is 4.79 Å². The van der Waals surface area contributed by atoms with Gasteiger partial charge in [-0.1, -0.05) is 12.1 Å². The molecule has 2 N–H and O–H groups in total. The van der Waals surface area contributed by atoms with Crippen LogP contribution >= 0.6 is 12.2 Å². The minimum Gasteiger partial charge on any atom is -0.478 e. The highest BCUT2D eigenvalue weighted by molar-refractivity contribution is 7.80. The standard InChI is InChI=1S/C27H25N5O2S/c1-30(2)19-11-13-20(14-12-19)32-25(24(29-27(32)35)22-9-3-4-15-28-22)23-10-6-16-31(23)21-8-5-7-18(17-21)26(33)34/h3-17,24-25H,1-2H3,(H,29,35)(H,33,34)/t24-,25-/m0/s1. The first-order valence-corrected chi connectivity index (χ1v) is 11.6. The zero-order valence-electron chi connectivity index (χ0n) is 19.4. The van der Waals surface area contributed by atoms with Crippen LogP contribution in [0.4, 0.5) is 11.4 Å². The van der Waals surface area contributed by atoms with Crippen LogP contribution in [0.25, 0.3) is 5.69 Å². The molecular formula is C27H25N5O2S. The number of nitrogens with one attached hydrogen (secondary N) is 1. The van der Waals surface area contributed by atoms with Gasteiger partial charge in [0.25, 0.3) is 0 Å². The molecule has 176 valence electrons. The maximum Gasteiger partial charge on any atom is 0.335 e. The summed E-state index contributed by atoms with van der Waals surface area (Å²) in [7, 11) is 4.02. The Balaban J connectivity index is 1.64. The minimum absolute atomic E-state index is 0.200. The third-order valence-electron chi connectivity index (χ3n) is 6.20. The first-order chi connectivity index (χ1) is 16.9. The van der Waals surface area contributed by atoms with Crippen LogP contribution in [0.2, 0.25) is 0 Å². The van der Waals surface area contributed by atoms with Crippen LogP contribution < -0.4 is 15.1 Å². The van der Waals surface area contributed by atoms with Crippen LogP contribution in [0.1, 0.15) is 33.8 Å². The Morgan fingerprint density at radius 1 is 1.00 bits per heavy atom. The van der Waals surface area contributed by atoms with E-state index in [0.717, 1.165) is 28.5 Å². The fourth-order valence-electron chi connectivity index (χ4n) is 4.50. The molecule has 7 nitrogen and oxygen atoms in total. The first-order valence-electron chi connectivity index (χ1n) is 11.2. The quantitative estimate of drug-likeness (QED) is 0.381. The second-order valence-corrected chi connectivity index (χ2v) is 8.95. The molecule has 1 fully saturated rings. The van der Waals surface area contributed by atoms with E-state index in [9.17, 15) is 9.90 Å². The molecule has 2 aromatic heterocycles. The van der Waals surface area contributed by atoms with E-state index in [1.807, 2.05) is 61.3 Å². The normalized spacial score (nSPS) is 17.3. The van der Waals surface area contributed by atoms with Crippen LogP contribution in [-0.2, 0) is 0 Å². The lowest BCUT2D eigenvalue weighted by atomic mass is 10.0. The first kappa shape index (κ1) is 22.6. The molecule has 0 spiro atoms. The summed E-state index contributed by atoms with van der Waals surface area (Å²) in [4.78, 5) is 20.4. The number of nitrogens with zero attached hydrogens (tertiary/aromatic N) is 4. The number of carboxylic acids is 1. The monoisotopic (exact) mass is 483 g/mol. The molecular weight excluding hydrogens is 458 g/mol. The predicted octanol–water partition coefficient (Wildman–Crippen LogP) is 4.81. The van der Waals surface area contributed by atoms with Crippen molar-refractivity contribution < 1.29 is 9.90 Å². The third kappa shape index (κ3) is 4.24. The predicted molar refractivity (Wildman–Crippen MR) is 141 cm³/mol. The van der Waals surface area contributed by atoms with Gasteiger partial charge < -0.3 is 24.8 Å². The molecule has 0 amide bonds. The second kappa shape index (κ2) is 9.23. The van der Waals surface area contributed by atoms with Crippen LogP contribution in [0.5, 0.6) is 0 Å². The zero-order chi connectivity index (χ0) is 24.5. The van der Waals surface area contributed by atoms with E-state index in [-0.39, 0.29) is 17.6 Å². The molecule has 0 aliphatic carbocycles. The molecule has 2 aromatic carbocycles. The van der Waals surface area contributed by atoms with E-state index in [1.54, 1.807) is 24.4 Å². The van der Waals surface area contributed by atoms with Crippen LogP contribution in [0.3, 0.4) is 0 Å². The lowest BCUT2D eigenvalue weighted by molar-refractivity contribution is 0.0697. The summed E-state index contributed by atoms with van der Waals surface area (Å²) in [6.07, 6.45) is 3.72. The maximum atomic E-state index is 11.6. The highest BCUT2D eigenvalue weighted by Crippen LogP contribution is 2.42. The molecule has 2 atom stereocenters. The van der Waals surface area contributed by atoms with Crippen LogP contribution in [0, 0.1) is 0 Å². The Labute approximate surface area is 209 Å². The van der Waals surface area contributed by atoms with E-state index in [0.29, 0.717) is 5.11 Å². The smallest absolute Gasteiger partial charge is 0.335 e. The van der Waals surface area contributed by atoms with Gasteiger partial charge in [-0.2, -0.15) is 0 Å². The Hall–Kier alpha value is -4.17. The number of hydrogen-bond acceptors (Lipinski definition) is 4. The van der Waals surface area contributed by atoms with Gasteiger partial charge in [-0.05, 0) is 78.9 Å². The number of thiocarbonyl (C=S) groups is 1. The van der Waals surface area contributed by atoms with Crippen LogP contribution in [0.15, 0.2) is 91.3 Å². The van der Waals surface area contributed by atoms with E-state index < -0.39 is 5.97 Å². The van der Waals surface area contributed by atoms with Gasteiger partial charge in [0.1, 0.15) is 6.04 Å². The Morgan fingerprint density at radius 3 is 2.49 bits per heavy atom. The Kier molecular flexibility index (Phi) is 5.96. The summed E-state index contributed by atoms with van der Waals surface area (Å²) in [5.41, 5.74) is 4.90. The summed E-state index contributed by atoms with van der Waals surface area (Å²) in [5.74, 6) is -0.960. The van der Waals surface area contributed by atoms with Crippen molar-refractivity contribution in [3.63, 3.8) is 0 Å². The molecule has 35 heavy (non-hydrogen) atoms. The molecule has 0 saturated carbocycles. The number of hydrogen-bond donors (Lipinski definition) is 2. The minimum atomic E-state index is -0.960. The summed E-state index contributed by atoms with van der Waals surface area (Å²) in [6.45, 7) is 0. The number of carbonyl (C=O) groups is 1. The molecule has 0 unspecified atom stereocenters. The molecule has 0 radical (unpaired) electrons. The second-order valence-electron chi connectivity index (χ2n) is 8.57. The molecule has 1 aliphatic rings. The third-order valence-corrected chi connectivity index (χ3v) is 6.51. The summed E-state index contributed by atoms with van der Waals surface area (Å²) < 4.78 is 2.02. The van der Waals surface area contributed by atoms with Gasteiger partial charge in [0.15, 0.2) is 5.11 Å². The zero-order valence-corrected chi connectivity index (χ0v) is 20.2. The van der Waals surface area contributed by atoms with Gasteiger partial charge in [0, 0.05) is 49.2 Å². The van der Waals surface area contributed by atoms with Crippen molar-refractivity contribution in [2.24, 2.45) is 0 Å². The highest BCUT2D eigenvalue weighted by atomic mass is 32.1. The highest BCUT2D eigenvalue weighted by Gasteiger charge is 2.42. The summed E-state index contributed by atoms with van der Waals surface area (Å²) >= 11 is 5.84. The summed E-state index contributed by atoms with van der Waals surface area (Å²) in [6, 6.07) is 24.6. The molecule has 1 aliphatic heterocycles. The van der Waals surface area contributed by atoms with Gasteiger partial charge >= 0.3 is 5.97 Å². The van der Waals surface area contributed by atoms with Crippen LogP contribution in [-0.4, -0.2) is 39.8 Å². The SMILES string of the molecule is CN(C)c1ccc(N2C(=S)N[C@@H](c3ccccn3)[C@@H]2c2cccn2-c2cccc(C(=O)O)c2)cc1. The molecule has 4 aromatic rings. The van der Waals surface area contributed by atoms with Crippen molar-refractivity contribution in [1.29, 1.82) is 0 Å². The molecule has 8 heteroatoms. The molecule has 5 rings (SSSR count).